The normalized spacial score (nSPS) is 16.6. The van der Waals surface area contributed by atoms with Crippen LogP contribution in [0.3, 0.4) is 0 Å². The zero-order valence-corrected chi connectivity index (χ0v) is 18.1. The molecule has 0 amide bonds. The summed E-state index contributed by atoms with van der Waals surface area (Å²) in [6.07, 6.45) is 6.10. The zero-order chi connectivity index (χ0) is 21.2. The fourth-order valence-corrected chi connectivity index (χ4v) is 5.00. The van der Waals surface area contributed by atoms with Gasteiger partial charge in [-0.2, -0.15) is 5.10 Å². The minimum Gasteiger partial charge on any atom is -0.497 e. The van der Waals surface area contributed by atoms with Crippen molar-refractivity contribution in [2.75, 3.05) is 13.7 Å². The number of aromatic nitrogens is 3. The Morgan fingerprint density at radius 1 is 1.19 bits per heavy atom. The summed E-state index contributed by atoms with van der Waals surface area (Å²) in [6, 6.07) is 15.2. The summed E-state index contributed by atoms with van der Waals surface area (Å²) in [4.78, 5) is 6.97. The highest BCUT2D eigenvalue weighted by Gasteiger charge is 2.29. The monoisotopic (exact) mass is 434 g/mol. The Labute approximate surface area is 184 Å². The molecule has 1 aliphatic rings. The number of halogens is 1. The van der Waals surface area contributed by atoms with Gasteiger partial charge < -0.3 is 4.74 Å². The van der Waals surface area contributed by atoms with E-state index in [0.717, 1.165) is 35.6 Å². The van der Waals surface area contributed by atoms with Crippen LogP contribution in [-0.4, -0.2) is 33.3 Å². The first kappa shape index (κ1) is 19.9. The number of benzene rings is 2. The topological polar surface area (TPSA) is 43.2 Å². The van der Waals surface area contributed by atoms with E-state index in [2.05, 4.69) is 9.88 Å². The van der Waals surface area contributed by atoms with Crippen molar-refractivity contribution in [2.45, 2.75) is 25.4 Å². The Morgan fingerprint density at radius 3 is 2.81 bits per heavy atom. The van der Waals surface area contributed by atoms with Crippen LogP contribution in [-0.2, 0) is 6.54 Å². The molecule has 0 saturated carbocycles. The van der Waals surface area contributed by atoms with E-state index in [-0.39, 0.29) is 5.82 Å². The van der Waals surface area contributed by atoms with Crippen LogP contribution < -0.4 is 4.74 Å². The lowest BCUT2D eigenvalue weighted by Crippen LogP contribution is -2.22. The fraction of sp³-hybridized carbons (Fsp3) is 0.250. The number of rotatable bonds is 6. The molecular weight excluding hydrogens is 411 g/mol. The van der Waals surface area contributed by atoms with Crippen LogP contribution in [0.1, 0.15) is 29.5 Å². The van der Waals surface area contributed by atoms with Crippen molar-refractivity contribution in [3.05, 3.63) is 82.7 Å². The van der Waals surface area contributed by atoms with Gasteiger partial charge in [0.15, 0.2) is 0 Å². The van der Waals surface area contributed by atoms with E-state index in [4.69, 9.17) is 9.84 Å². The van der Waals surface area contributed by atoms with E-state index < -0.39 is 0 Å². The highest BCUT2D eigenvalue weighted by atomic mass is 32.1. The van der Waals surface area contributed by atoms with Crippen molar-refractivity contribution in [1.82, 2.24) is 19.7 Å². The van der Waals surface area contributed by atoms with E-state index in [9.17, 15) is 4.39 Å². The Hall–Kier alpha value is -3.03. The number of likely N-dealkylation sites (tertiary alicyclic amines) is 1. The van der Waals surface area contributed by atoms with Gasteiger partial charge in [-0.3, -0.25) is 4.90 Å². The zero-order valence-electron chi connectivity index (χ0n) is 17.2. The van der Waals surface area contributed by atoms with Gasteiger partial charge in [0, 0.05) is 41.5 Å². The molecule has 3 heterocycles. The molecule has 1 fully saturated rings. The van der Waals surface area contributed by atoms with E-state index >= 15 is 0 Å². The number of ether oxygens (including phenoxy) is 1. The van der Waals surface area contributed by atoms with Gasteiger partial charge in [-0.05, 0) is 43.7 Å². The predicted molar refractivity (Wildman–Crippen MR) is 120 cm³/mol. The van der Waals surface area contributed by atoms with Gasteiger partial charge in [0.1, 0.15) is 22.3 Å². The van der Waals surface area contributed by atoms with Gasteiger partial charge in [-0.1, -0.05) is 18.2 Å². The molecule has 0 unspecified atom stereocenters. The number of para-hydroxylation sites is 1. The summed E-state index contributed by atoms with van der Waals surface area (Å²) < 4.78 is 22.0. The van der Waals surface area contributed by atoms with Crippen LogP contribution in [0, 0.1) is 5.82 Å². The first-order chi connectivity index (χ1) is 15.2. The van der Waals surface area contributed by atoms with Gasteiger partial charge in [0.25, 0.3) is 0 Å². The molecule has 4 aromatic rings. The molecule has 158 valence electrons. The quantitative estimate of drug-likeness (QED) is 0.403. The minimum absolute atomic E-state index is 0.300. The molecule has 5 nitrogen and oxygen atoms in total. The van der Waals surface area contributed by atoms with Crippen LogP contribution in [0.5, 0.6) is 5.75 Å². The van der Waals surface area contributed by atoms with E-state index in [1.807, 2.05) is 52.8 Å². The first-order valence-corrected chi connectivity index (χ1v) is 11.2. The Balaban J connectivity index is 1.54. The van der Waals surface area contributed by atoms with Crippen LogP contribution in [0.25, 0.3) is 16.9 Å². The van der Waals surface area contributed by atoms with Crippen molar-refractivity contribution in [2.24, 2.45) is 0 Å². The van der Waals surface area contributed by atoms with Gasteiger partial charge in [-0.15, -0.1) is 11.3 Å². The third kappa shape index (κ3) is 3.98. The van der Waals surface area contributed by atoms with Crippen LogP contribution in [0.2, 0.25) is 0 Å². The van der Waals surface area contributed by atoms with E-state index in [1.54, 1.807) is 23.5 Å². The summed E-state index contributed by atoms with van der Waals surface area (Å²) in [5.74, 6) is 0.158. The number of hydrogen-bond donors (Lipinski definition) is 0. The first-order valence-electron chi connectivity index (χ1n) is 10.3. The maximum atomic E-state index is 15.0. The van der Waals surface area contributed by atoms with Crippen molar-refractivity contribution < 1.29 is 9.13 Å². The van der Waals surface area contributed by atoms with E-state index in [0.29, 0.717) is 29.6 Å². The van der Waals surface area contributed by atoms with Crippen molar-refractivity contribution in [3.63, 3.8) is 0 Å². The summed E-state index contributed by atoms with van der Waals surface area (Å²) in [7, 11) is 1.54. The van der Waals surface area contributed by atoms with Crippen molar-refractivity contribution in [1.29, 1.82) is 0 Å². The molecule has 1 aliphatic heterocycles. The second-order valence-corrected chi connectivity index (χ2v) is 8.55. The maximum absolute atomic E-state index is 15.0. The lowest BCUT2D eigenvalue weighted by Gasteiger charge is -2.22. The highest BCUT2D eigenvalue weighted by molar-refractivity contribution is 7.09. The molecule has 0 N–H and O–H groups in total. The third-order valence-corrected chi connectivity index (χ3v) is 6.59. The molecule has 31 heavy (non-hydrogen) atoms. The third-order valence-electron chi connectivity index (χ3n) is 5.72. The van der Waals surface area contributed by atoms with Crippen LogP contribution >= 0.6 is 11.3 Å². The minimum atomic E-state index is -0.336. The molecule has 7 heteroatoms. The molecule has 1 saturated heterocycles. The number of hydrogen-bond acceptors (Lipinski definition) is 5. The summed E-state index contributed by atoms with van der Waals surface area (Å²) in [6.45, 7) is 1.68. The smallest absolute Gasteiger partial charge is 0.136 e. The number of methoxy groups -OCH3 is 1. The predicted octanol–water partition coefficient (Wildman–Crippen LogP) is 5.48. The average Bonchev–Trinajstić information content (AvgIpc) is 3.56. The number of thiazole rings is 1. The second kappa shape index (κ2) is 8.61. The lowest BCUT2D eigenvalue weighted by atomic mass is 10.1. The molecule has 0 aliphatic carbocycles. The summed E-state index contributed by atoms with van der Waals surface area (Å²) in [5, 5.41) is 7.96. The van der Waals surface area contributed by atoms with E-state index in [1.165, 1.54) is 13.2 Å². The summed E-state index contributed by atoms with van der Waals surface area (Å²) in [5.41, 5.74) is 3.09. The molecule has 0 spiro atoms. The standard InChI is InChI=1S/C24H23FN4OS/c1-30-19-9-10-20(21(25)14-19)23-17(16-29(27-23)18-6-3-2-4-7-18)15-28-12-5-8-22(28)24-26-11-13-31-24/h2-4,6-7,9-11,13-14,16,22H,5,8,12,15H2,1H3/t22-/m0/s1. The molecule has 2 aromatic carbocycles. The number of nitrogens with zero attached hydrogens (tertiary/aromatic N) is 4. The van der Waals surface area contributed by atoms with Crippen LogP contribution in [0.15, 0.2) is 66.3 Å². The summed E-state index contributed by atoms with van der Waals surface area (Å²) >= 11 is 1.70. The van der Waals surface area contributed by atoms with Gasteiger partial charge in [0.2, 0.25) is 0 Å². The van der Waals surface area contributed by atoms with Gasteiger partial charge in [-0.25, -0.2) is 14.1 Å². The highest BCUT2D eigenvalue weighted by Crippen LogP contribution is 2.36. The largest absolute Gasteiger partial charge is 0.497 e. The SMILES string of the molecule is COc1ccc(-c2nn(-c3ccccc3)cc2CN2CCC[C@H]2c2nccs2)c(F)c1. The Kier molecular flexibility index (Phi) is 5.53. The molecular formula is C24H23FN4OS. The van der Waals surface area contributed by atoms with Crippen LogP contribution in [0.4, 0.5) is 4.39 Å². The Morgan fingerprint density at radius 2 is 2.06 bits per heavy atom. The van der Waals surface area contributed by atoms with Gasteiger partial charge >= 0.3 is 0 Å². The van der Waals surface area contributed by atoms with Crippen molar-refractivity contribution >= 4 is 11.3 Å². The molecule has 5 rings (SSSR count). The molecule has 1 atom stereocenters. The molecule has 0 radical (unpaired) electrons. The lowest BCUT2D eigenvalue weighted by molar-refractivity contribution is 0.248. The second-order valence-electron chi connectivity index (χ2n) is 7.63. The Bertz CT molecular complexity index is 1160. The fourth-order valence-electron chi connectivity index (χ4n) is 4.19. The molecule has 2 aromatic heterocycles. The average molecular weight is 435 g/mol. The molecule has 0 bridgehead atoms. The van der Waals surface area contributed by atoms with Gasteiger partial charge in [0.05, 0.1) is 18.8 Å². The maximum Gasteiger partial charge on any atom is 0.136 e. The van der Waals surface area contributed by atoms with Crippen molar-refractivity contribution in [3.8, 4) is 22.7 Å².